The van der Waals surface area contributed by atoms with Crippen LogP contribution >= 0.6 is 11.8 Å². The second-order valence-electron chi connectivity index (χ2n) is 7.63. The Morgan fingerprint density at radius 1 is 0.971 bits per heavy atom. The van der Waals surface area contributed by atoms with Gasteiger partial charge in [-0.25, -0.2) is 4.79 Å². The number of hydrogen-bond acceptors (Lipinski definition) is 6. The third-order valence-electron chi connectivity index (χ3n) is 5.39. The van der Waals surface area contributed by atoms with E-state index >= 15 is 0 Å². The van der Waals surface area contributed by atoms with E-state index in [9.17, 15) is 14.7 Å². The van der Waals surface area contributed by atoms with Crippen molar-refractivity contribution >= 4 is 23.6 Å². The Labute approximate surface area is 202 Å². The number of para-hydroxylation sites is 1. The van der Waals surface area contributed by atoms with Crippen LogP contribution in [0.1, 0.15) is 16.5 Å². The number of thioether (sulfide) groups is 1. The van der Waals surface area contributed by atoms with Gasteiger partial charge in [-0.2, -0.15) is 0 Å². The van der Waals surface area contributed by atoms with Gasteiger partial charge in [0.1, 0.15) is 23.8 Å². The van der Waals surface area contributed by atoms with Crippen LogP contribution in [0, 0.1) is 0 Å². The van der Waals surface area contributed by atoms with Crippen LogP contribution in [-0.2, 0) is 16.2 Å². The van der Waals surface area contributed by atoms with E-state index in [1.54, 1.807) is 31.4 Å². The number of nitrogens with zero attached hydrogens (tertiary/aromatic N) is 1. The summed E-state index contributed by atoms with van der Waals surface area (Å²) in [4.78, 5) is 26.3. The SMILES string of the molecule is COc1cc(C2SCC(C(=O)O)N2C(=O)COc2ccccc2)ccc1OCc1ccccc1. The maximum absolute atomic E-state index is 13.1. The number of ether oxygens (including phenoxy) is 3. The van der Waals surface area contributed by atoms with Crippen LogP contribution in [0.25, 0.3) is 0 Å². The molecule has 0 aromatic heterocycles. The lowest BCUT2D eigenvalue weighted by Gasteiger charge is -2.28. The van der Waals surface area contributed by atoms with E-state index in [1.807, 2.05) is 54.6 Å². The number of benzene rings is 3. The Balaban J connectivity index is 1.52. The molecule has 7 nitrogen and oxygen atoms in total. The lowest BCUT2D eigenvalue weighted by atomic mass is 10.1. The van der Waals surface area contributed by atoms with Crippen molar-refractivity contribution in [1.29, 1.82) is 0 Å². The second kappa shape index (κ2) is 11.0. The van der Waals surface area contributed by atoms with Gasteiger partial charge in [0.05, 0.1) is 7.11 Å². The zero-order valence-electron chi connectivity index (χ0n) is 18.6. The van der Waals surface area contributed by atoms with Gasteiger partial charge in [0.2, 0.25) is 0 Å². The Morgan fingerprint density at radius 3 is 2.35 bits per heavy atom. The normalized spacial score (nSPS) is 17.3. The van der Waals surface area contributed by atoms with Gasteiger partial charge in [-0.15, -0.1) is 11.8 Å². The molecule has 0 saturated carbocycles. The monoisotopic (exact) mass is 479 g/mol. The molecule has 2 unspecified atom stereocenters. The van der Waals surface area contributed by atoms with Crippen molar-refractivity contribution in [2.24, 2.45) is 0 Å². The standard InChI is InChI=1S/C26H25NO6S/c1-31-23-14-19(12-13-22(23)33-15-18-8-4-2-5-9-18)25-27(21(17-34-25)26(29)30)24(28)16-32-20-10-6-3-7-11-20/h2-14,21,25H,15-17H2,1H3,(H,29,30). The minimum Gasteiger partial charge on any atom is -0.493 e. The average Bonchev–Trinajstić information content (AvgIpc) is 3.33. The summed E-state index contributed by atoms with van der Waals surface area (Å²) in [5, 5.41) is 9.23. The highest BCUT2D eigenvalue weighted by atomic mass is 32.2. The molecule has 0 radical (unpaired) electrons. The number of amides is 1. The van der Waals surface area contributed by atoms with Crippen molar-refractivity contribution in [2.45, 2.75) is 18.0 Å². The van der Waals surface area contributed by atoms with E-state index in [2.05, 4.69) is 0 Å². The fourth-order valence-electron chi connectivity index (χ4n) is 3.69. The van der Waals surface area contributed by atoms with Gasteiger partial charge >= 0.3 is 5.97 Å². The lowest BCUT2D eigenvalue weighted by Crippen LogP contribution is -2.45. The molecule has 1 aliphatic rings. The number of carbonyl (C=O) groups is 2. The molecule has 1 heterocycles. The van der Waals surface area contributed by atoms with Gasteiger partial charge in [-0.1, -0.05) is 54.6 Å². The molecule has 0 bridgehead atoms. The summed E-state index contributed by atoms with van der Waals surface area (Å²) in [5.74, 6) is 0.477. The summed E-state index contributed by atoms with van der Waals surface area (Å²) in [7, 11) is 1.55. The summed E-state index contributed by atoms with van der Waals surface area (Å²) in [6, 6.07) is 23.2. The van der Waals surface area contributed by atoms with E-state index in [0.29, 0.717) is 23.9 Å². The molecule has 8 heteroatoms. The summed E-state index contributed by atoms with van der Waals surface area (Å²) in [5.41, 5.74) is 1.78. The first-order chi connectivity index (χ1) is 16.6. The number of carboxylic acids is 1. The molecule has 176 valence electrons. The summed E-state index contributed by atoms with van der Waals surface area (Å²) in [6.45, 7) is 0.136. The molecule has 1 fully saturated rings. The zero-order valence-corrected chi connectivity index (χ0v) is 19.4. The van der Waals surface area contributed by atoms with E-state index in [1.165, 1.54) is 16.7 Å². The predicted octanol–water partition coefficient (Wildman–Crippen LogP) is 4.38. The molecule has 1 aliphatic heterocycles. The fraction of sp³-hybridized carbons (Fsp3) is 0.231. The van der Waals surface area contributed by atoms with Crippen LogP contribution in [0.15, 0.2) is 78.9 Å². The second-order valence-corrected chi connectivity index (χ2v) is 8.74. The van der Waals surface area contributed by atoms with Crippen LogP contribution < -0.4 is 14.2 Å². The first kappa shape index (κ1) is 23.5. The number of rotatable bonds is 9. The zero-order chi connectivity index (χ0) is 23.9. The molecular formula is C26H25NO6S. The quantitative estimate of drug-likeness (QED) is 0.487. The van der Waals surface area contributed by atoms with Gasteiger partial charge < -0.3 is 24.2 Å². The molecule has 34 heavy (non-hydrogen) atoms. The summed E-state index contributed by atoms with van der Waals surface area (Å²) >= 11 is 1.40. The highest BCUT2D eigenvalue weighted by molar-refractivity contribution is 7.99. The van der Waals surface area contributed by atoms with Crippen LogP contribution in [0.3, 0.4) is 0 Å². The maximum atomic E-state index is 13.1. The highest BCUT2D eigenvalue weighted by Gasteiger charge is 2.42. The van der Waals surface area contributed by atoms with Crippen molar-refractivity contribution < 1.29 is 28.9 Å². The maximum Gasteiger partial charge on any atom is 0.327 e. The molecule has 3 aromatic rings. The summed E-state index contributed by atoms with van der Waals surface area (Å²) in [6.07, 6.45) is 0. The van der Waals surface area contributed by atoms with E-state index < -0.39 is 23.3 Å². The molecule has 4 rings (SSSR count). The van der Waals surface area contributed by atoms with E-state index in [0.717, 1.165) is 11.1 Å². The molecular weight excluding hydrogens is 454 g/mol. The molecule has 2 atom stereocenters. The third kappa shape index (κ3) is 5.46. The first-order valence-electron chi connectivity index (χ1n) is 10.7. The summed E-state index contributed by atoms with van der Waals surface area (Å²) < 4.78 is 17.0. The Hall–Kier alpha value is -3.65. The van der Waals surface area contributed by atoms with Gasteiger partial charge in [0, 0.05) is 5.75 Å². The van der Waals surface area contributed by atoms with Crippen LogP contribution in [0.5, 0.6) is 17.2 Å². The van der Waals surface area contributed by atoms with Crippen LogP contribution in [-0.4, -0.2) is 47.4 Å². The van der Waals surface area contributed by atoms with Crippen molar-refractivity contribution in [1.82, 2.24) is 4.90 Å². The number of carbonyl (C=O) groups excluding carboxylic acids is 1. The Bertz CT molecular complexity index is 1120. The van der Waals surface area contributed by atoms with Crippen molar-refractivity contribution in [3.63, 3.8) is 0 Å². The van der Waals surface area contributed by atoms with Crippen molar-refractivity contribution in [3.05, 3.63) is 90.0 Å². The number of hydrogen-bond donors (Lipinski definition) is 1. The Kier molecular flexibility index (Phi) is 7.59. The lowest BCUT2D eigenvalue weighted by molar-refractivity contribution is -0.150. The number of carboxylic acid groups (broad SMARTS) is 1. The molecule has 0 aliphatic carbocycles. The minimum atomic E-state index is -1.04. The number of methoxy groups -OCH3 is 1. The van der Waals surface area contributed by atoms with Crippen LogP contribution in [0.4, 0.5) is 0 Å². The van der Waals surface area contributed by atoms with E-state index in [-0.39, 0.29) is 12.4 Å². The molecule has 1 saturated heterocycles. The minimum absolute atomic E-state index is 0.250. The Morgan fingerprint density at radius 2 is 1.68 bits per heavy atom. The topological polar surface area (TPSA) is 85.3 Å². The third-order valence-corrected chi connectivity index (χ3v) is 6.71. The first-order valence-corrected chi connectivity index (χ1v) is 11.8. The predicted molar refractivity (Wildman–Crippen MR) is 129 cm³/mol. The molecule has 1 N–H and O–H groups in total. The van der Waals surface area contributed by atoms with Crippen molar-refractivity contribution in [3.8, 4) is 17.2 Å². The van der Waals surface area contributed by atoms with Crippen LogP contribution in [0.2, 0.25) is 0 Å². The van der Waals surface area contributed by atoms with Crippen molar-refractivity contribution in [2.75, 3.05) is 19.5 Å². The van der Waals surface area contributed by atoms with Gasteiger partial charge in [0.15, 0.2) is 18.1 Å². The smallest absolute Gasteiger partial charge is 0.327 e. The van der Waals surface area contributed by atoms with Gasteiger partial charge in [-0.3, -0.25) is 4.79 Å². The number of aliphatic carboxylic acids is 1. The van der Waals surface area contributed by atoms with Gasteiger partial charge in [-0.05, 0) is 35.4 Å². The largest absolute Gasteiger partial charge is 0.493 e. The fourth-order valence-corrected chi connectivity index (χ4v) is 5.12. The van der Waals surface area contributed by atoms with E-state index in [4.69, 9.17) is 14.2 Å². The highest BCUT2D eigenvalue weighted by Crippen LogP contribution is 2.44. The molecule has 3 aromatic carbocycles. The van der Waals surface area contributed by atoms with Gasteiger partial charge in [0.25, 0.3) is 5.91 Å². The average molecular weight is 480 g/mol. The molecule has 0 spiro atoms. The molecule has 1 amide bonds.